The van der Waals surface area contributed by atoms with Gasteiger partial charge in [0, 0.05) is 24.2 Å². The van der Waals surface area contributed by atoms with Crippen LogP contribution in [0.4, 0.5) is 17.5 Å². The fraction of sp³-hybridized carbons (Fsp3) is 0.333. The van der Waals surface area contributed by atoms with Gasteiger partial charge < -0.3 is 10.2 Å². The van der Waals surface area contributed by atoms with E-state index in [0.29, 0.717) is 6.04 Å². The van der Waals surface area contributed by atoms with Crippen molar-refractivity contribution < 1.29 is 0 Å². The number of nitrogens with zero attached hydrogens (tertiary/aromatic N) is 3. The number of hydrogen-bond acceptors (Lipinski definition) is 4. The lowest BCUT2D eigenvalue weighted by Crippen LogP contribution is -2.24. The van der Waals surface area contributed by atoms with Crippen LogP contribution in [0.3, 0.4) is 0 Å². The predicted molar refractivity (Wildman–Crippen MR) is 105 cm³/mol. The lowest BCUT2D eigenvalue weighted by atomic mass is 9.95. The van der Waals surface area contributed by atoms with Crippen LogP contribution in [0.2, 0.25) is 0 Å². The molecule has 1 aromatic heterocycles. The molecule has 0 spiro atoms. The second-order valence-corrected chi connectivity index (χ2v) is 6.76. The summed E-state index contributed by atoms with van der Waals surface area (Å²) >= 11 is 0. The Morgan fingerprint density at radius 3 is 2.40 bits per heavy atom. The van der Waals surface area contributed by atoms with Crippen LogP contribution >= 0.6 is 0 Å². The average Bonchev–Trinajstić information content (AvgIpc) is 2.69. The standard InChI is InChI=1S/C21H24N4/c1-25(17-12-6-3-7-13-17)21-23-19-15-9-8-14-18(19)20(24-21)22-16-10-4-2-5-11-16/h3,6-9,12-16H,2,4-5,10-11H2,1H3,(H,22,23,24). The summed E-state index contributed by atoms with van der Waals surface area (Å²) in [6.45, 7) is 0. The van der Waals surface area contributed by atoms with Gasteiger partial charge in [0.1, 0.15) is 5.82 Å². The first-order valence-corrected chi connectivity index (χ1v) is 9.13. The predicted octanol–water partition coefficient (Wildman–Crippen LogP) is 5.14. The van der Waals surface area contributed by atoms with Crippen LogP contribution in [0.5, 0.6) is 0 Å². The average molecular weight is 332 g/mol. The molecule has 0 unspecified atom stereocenters. The third-order valence-corrected chi connectivity index (χ3v) is 4.98. The molecule has 3 aromatic rings. The SMILES string of the molecule is CN(c1ccccc1)c1nc(NC2CCCCC2)c2ccccc2n1. The number of benzene rings is 2. The van der Waals surface area contributed by atoms with Crippen molar-refractivity contribution in [1.29, 1.82) is 0 Å². The van der Waals surface area contributed by atoms with Crippen molar-refractivity contribution in [3.05, 3.63) is 54.6 Å². The Labute approximate surface area is 148 Å². The van der Waals surface area contributed by atoms with E-state index in [-0.39, 0.29) is 0 Å². The molecule has 0 amide bonds. The Morgan fingerprint density at radius 2 is 1.60 bits per heavy atom. The minimum Gasteiger partial charge on any atom is -0.367 e. The van der Waals surface area contributed by atoms with E-state index >= 15 is 0 Å². The topological polar surface area (TPSA) is 41.1 Å². The van der Waals surface area contributed by atoms with E-state index in [2.05, 4.69) is 35.6 Å². The van der Waals surface area contributed by atoms with Gasteiger partial charge in [-0.2, -0.15) is 4.98 Å². The molecule has 0 saturated heterocycles. The Hall–Kier alpha value is -2.62. The molecule has 1 fully saturated rings. The Balaban J connectivity index is 1.72. The minimum absolute atomic E-state index is 0.516. The van der Waals surface area contributed by atoms with Gasteiger partial charge in [0.15, 0.2) is 0 Å². The monoisotopic (exact) mass is 332 g/mol. The maximum atomic E-state index is 4.88. The van der Waals surface area contributed by atoms with E-state index in [9.17, 15) is 0 Å². The van der Waals surface area contributed by atoms with Gasteiger partial charge in [-0.15, -0.1) is 0 Å². The van der Waals surface area contributed by atoms with Crippen LogP contribution in [0.25, 0.3) is 10.9 Å². The number of para-hydroxylation sites is 2. The summed E-state index contributed by atoms with van der Waals surface area (Å²) in [7, 11) is 2.02. The second kappa shape index (κ2) is 7.09. The molecule has 1 N–H and O–H groups in total. The van der Waals surface area contributed by atoms with Crippen molar-refractivity contribution in [2.45, 2.75) is 38.1 Å². The van der Waals surface area contributed by atoms with Crippen molar-refractivity contribution >= 4 is 28.4 Å². The molecule has 1 saturated carbocycles. The first-order chi connectivity index (χ1) is 12.3. The summed E-state index contributed by atoms with van der Waals surface area (Å²) in [4.78, 5) is 11.7. The molecule has 4 nitrogen and oxygen atoms in total. The summed E-state index contributed by atoms with van der Waals surface area (Å²) in [5, 5.41) is 4.79. The van der Waals surface area contributed by atoms with Crippen molar-refractivity contribution in [1.82, 2.24) is 9.97 Å². The van der Waals surface area contributed by atoms with E-state index in [4.69, 9.17) is 9.97 Å². The molecular weight excluding hydrogens is 308 g/mol. The number of anilines is 3. The van der Waals surface area contributed by atoms with Gasteiger partial charge in [-0.25, -0.2) is 4.98 Å². The van der Waals surface area contributed by atoms with Gasteiger partial charge in [0.05, 0.1) is 5.52 Å². The lowest BCUT2D eigenvalue weighted by molar-refractivity contribution is 0.462. The fourth-order valence-corrected chi connectivity index (χ4v) is 3.53. The smallest absolute Gasteiger partial charge is 0.232 e. The van der Waals surface area contributed by atoms with Crippen LogP contribution < -0.4 is 10.2 Å². The molecule has 1 aliphatic carbocycles. The molecule has 0 bridgehead atoms. The van der Waals surface area contributed by atoms with Crippen molar-refractivity contribution in [2.24, 2.45) is 0 Å². The molecular formula is C21H24N4. The zero-order chi connectivity index (χ0) is 17.1. The normalized spacial score (nSPS) is 15.2. The van der Waals surface area contributed by atoms with Crippen LogP contribution in [-0.4, -0.2) is 23.1 Å². The highest BCUT2D eigenvalue weighted by atomic mass is 15.3. The maximum absolute atomic E-state index is 4.88. The molecule has 25 heavy (non-hydrogen) atoms. The van der Waals surface area contributed by atoms with Gasteiger partial charge in [0.2, 0.25) is 5.95 Å². The maximum Gasteiger partial charge on any atom is 0.232 e. The Kier molecular flexibility index (Phi) is 4.51. The molecule has 2 aromatic carbocycles. The summed E-state index contributed by atoms with van der Waals surface area (Å²) in [6.07, 6.45) is 6.41. The molecule has 1 heterocycles. The zero-order valence-electron chi connectivity index (χ0n) is 14.7. The molecule has 128 valence electrons. The largest absolute Gasteiger partial charge is 0.367 e. The van der Waals surface area contributed by atoms with Gasteiger partial charge in [-0.05, 0) is 37.1 Å². The first kappa shape index (κ1) is 15.9. The summed E-state index contributed by atoms with van der Waals surface area (Å²) in [5.74, 6) is 1.68. The molecule has 0 radical (unpaired) electrons. The minimum atomic E-state index is 0.516. The van der Waals surface area contributed by atoms with Gasteiger partial charge >= 0.3 is 0 Å². The van der Waals surface area contributed by atoms with Gasteiger partial charge in [-0.3, -0.25) is 0 Å². The quantitative estimate of drug-likeness (QED) is 0.718. The summed E-state index contributed by atoms with van der Waals surface area (Å²) in [5.41, 5.74) is 2.06. The fourth-order valence-electron chi connectivity index (χ4n) is 3.53. The number of aromatic nitrogens is 2. The number of fused-ring (bicyclic) bond motifs is 1. The molecule has 0 atom stereocenters. The van der Waals surface area contributed by atoms with E-state index in [1.165, 1.54) is 32.1 Å². The third-order valence-electron chi connectivity index (χ3n) is 4.98. The Bertz CT molecular complexity index is 841. The molecule has 4 heteroatoms. The van der Waals surface area contributed by atoms with Crippen LogP contribution in [0.15, 0.2) is 54.6 Å². The number of hydrogen-bond donors (Lipinski definition) is 1. The highest BCUT2D eigenvalue weighted by molar-refractivity contribution is 5.90. The van der Waals surface area contributed by atoms with Crippen LogP contribution in [-0.2, 0) is 0 Å². The van der Waals surface area contributed by atoms with Gasteiger partial charge in [0.25, 0.3) is 0 Å². The van der Waals surface area contributed by atoms with E-state index in [1.807, 2.05) is 36.2 Å². The van der Waals surface area contributed by atoms with E-state index < -0.39 is 0 Å². The van der Waals surface area contributed by atoms with Crippen molar-refractivity contribution in [3.63, 3.8) is 0 Å². The zero-order valence-corrected chi connectivity index (χ0v) is 14.7. The second-order valence-electron chi connectivity index (χ2n) is 6.76. The highest BCUT2D eigenvalue weighted by Gasteiger charge is 2.17. The van der Waals surface area contributed by atoms with E-state index in [1.54, 1.807) is 0 Å². The lowest BCUT2D eigenvalue weighted by Gasteiger charge is -2.25. The number of rotatable bonds is 4. The van der Waals surface area contributed by atoms with Gasteiger partial charge in [-0.1, -0.05) is 49.6 Å². The highest BCUT2D eigenvalue weighted by Crippen LogP contribution is 2.29. The molecule has 1 aliphatic rings. The van der Waals surface area contributed by atoms with Crippen LogP contribution in [0, 0.1) is 0 Å². The number of nitrogens with one attached hydrogen (secondary N) is 1. The summed E-state index contributed by atoms with van der Waals surface area (Å²) in [6, 6.07) is 19.0. The van der Waals surface area contributed by atoms with Crippen molar-refractivity contribution in [3.8, 4) is 0 Å². The van der Waals surface area contributed by atoms with E-state index in [0.717, 1.165) is 28.4 Å². The summed E-state index contributed by atoms with van der Waals surface area (Å²) < 4.78 is 0. The third kappa shape index (κ3) is 3.43. The van der Waals surface area contributed by atoms with Crippen molar-refractivity contribution in [2.75, 3.05) is 17.3 Å². The first-order valence-electron chi connectivity index (χ1n) is 9.13. The van der Waals surface area contributed by atoms with Crippen LogP contribution in [0.1, 0.15) is 32.1 Å². The molecule has 4 rings (SSSR count). The Morgan fingerprint density at radius 1 is 0.880 bits per heavy atom. The molecule has 0 aliphatic heterocycles.